The highest BCUT2D eigenvalue weighted by Crippen LogP contribution is 2.56. The summed E-state index contributed by atoms with van der Waals surface area (Å²) in [7, 11) is 0. The van der Waals surface area contributed by atoms with Gasteiger partial charge in [-0.1, -0.05) is 17.9 Å². The second-order valence-corrected chi connectivity index (χ2v) is 8.46. The summed E-state index contributed by atoms with van der Waals surface area (Å²) in [6.07, 6.45) is 0.500. The molecule has 0 radical (unpaired) electrons. The molecule has 0 spiro atoms. The topological polar surface area (TPSA) is 77.6 Å². The number of amidine groups is 1. The van der Waals surface area contributed by atoms with E-state index in [9.17, 15) is 18.0 Å². The number of benzene rings is 1. The van der Waals surface area contributed by atoms with E-state index < -0.39 is 29.8 Å². The van der Waals surface area contributed by atoms with Crippen molar-refractivity contribution < 1.29 is 22.7 Å². The van der Waals surface area contributed by atoms with Gasteiger partial charge in [-0.05, 0) is 49.1 Å². The average Bonchev–Trinajstić information content (AvgIpc) is 3.68. The summed E-state index contributed by atoms with van der Waals surface area (Å²) in [6.45, 7) is 0. The molecule has 32 heavy (non-hydrogen) atoms. The first-order valence-electron chi connectivity index (χ1n) is 10.5. The number of fused-ring (bicyclic) bond motifs is 1. The van der Waals surface area contributed by atoms with Crippen LogP contribution in [0.25, 0.3) is 0 Å². The molecule has 3 aliphatic rings. The summed E-state index contributed by atoms with van der Waals surface area (Å²) in [4.78, 5) is 20.7. The fourth-order valence-corrected chi connectivity index (χ4v) is 4.11. The summed E-state index contributed by atoms with van der Waals surface area (Å²) >= 11 is 0. The van der Waals surface area contributed by atoms with Crippen molar-refractivity contribution >= 4 is 11.8 Å². The maximum atomic E-state index is 14.7. The van der Waals surface area contributed by atoms with E-state index in [-0.39, 0.29) is 29.5 Å². The van der Waals surface area contributed by atoms with Crippen LogP contribution < -0.4 is 5.73 Å². The number of pyridine rings is 1. The van der Waals surface area contributed by atoms with Crippen LogP contribution in [0.3, 0.4) is 0 Å². The molecule has 0 saturated heterocycles. The van der Waals surface area contributed by atoms with Gasteiger partial charge in [0, 0.05) is 35.6 Å². The van der Waals surface area contributed by atoms with Crippen LogP contribution in [0.4, 0.5) is 13.2 Å². The van der Waals surface area contributed by atoms with Gasteiger partial charge >= 0.3 is 0 Å². The van der Waals surface area contributed by atoms with E-state index in [1.165, 1.54) is 18.3 Å². The van der Waals surface area contributed by atoms with Crippen LogP contribution in [0.15, 0.2) is 41.5 Å². The number of carbonyl (C=O) groups excluding carboxylic acids is 1. The van der Waals surface area contributed by atoms with E-state index >= 15 is 0 Å². The number of ether oxygens (including phenoxy) is 1. The predicted octanol–water partition coefficient (Wildman–Crippen LogP) is 3.60. The summed E-state index contributed by atoms with van der Waals surface area (Å²) in [6, 6.07) is 6.71. The Kier molecular flexibility index (Phi) is 4.92. The number of ketones is 1. The van der Waals surface area contributed by atoms with Crippen molar-refractivity contribution in [2.45, 2.75) is 43.8 Å². The van der Waals surface area contributed by atoms with Gasteiger partial charge in [-0.3, -0.25) is 9.78 Å². The molecule has 1 aliphatic heterocycles. The van der Waals surface area contributed by atoms with Gasteiger partial charge in [-0.15, -0.1) is 0 Å². The molecule has 2 saturated carbocycles. The minimum Gasteiger partial charge on any atom is -0.462 e. The summed E-state index contributed by atoms with van der Waals surface area (Å²) in [5.74, 6) is 4.82. The van der Waals surface area contributed by atoms with Gasteiger partial charge in [0.1, 0.15) is 17.6 Å². The highest BCUT2D eigenvalue weighted by molar-refractivity contribution is 5.95. The number of hydrogen-bond acceptors (Lipinski definition) is 5. The minimum atomic E-state index is -2.98. The number of carbonyl (C=O) groups is 1. The SMILES string of the molecule is NC1=N[C@@](c2cc(CC(=O)c3ccc(C#CC4CC4)cn3)ccc2F)(C(F)F)[C@H]2C[C@H]2O1. The van der Waals surface area contributed by atoms with Crippen LogP contribution in [0, 0.1) is 29.5 Å². The second-order valence-electron chi connectivity index (χ2n) is 8.46. The lowest BCUT2D eigenvalue weighted by atomic mass is 9.83. The van der Waals surface area contributed by atoms with Crippen LogP contribution in [0.1, 0.15) is 46.4 Å². The number of aliphatic imine (C=N–C) groups is 1. The van der Waals surface area contributed by atoms with Gasteiger partial charge in [-0.25, -0.2) is 18.2 Å². The van der Waals surface area contributed by atoms with Crippen LogP contribution in [-0.2, 0) is 16.7 Å². The Labute approximate surface area is 182 Å². The van der Waals surface area contributed by atoms with Crippen molar-refractivity contribution in [3.05, 3.63) is 64.7 Å². The third-order valence-corrected chi connectivity index (χ3v) is 6.07. The van der Waals surface area contributed by atoms with Gasteiger partial charge in [0.15, 0.2) is 11.3 Å². The molecule has 2 aromatic rings. The largest absolute Gasteiger partial charge is 0.462 e. The molecule has 2 aliphatic carbocycles. The molecular weight excluding hydrogens is 419 g/mol. The highest BCUT2D eigenvalue weighted by Gasteiger charge is 2.64. The van der Waals surface area contributed by atoms with Crippen LogP contribution in [0.5, 0.6) is 0 Å². The van der Waals surface area contributed by atoms with Gasteiger partial charge in [0.2, 0.25) is 0 Å². The van der Waals surface area contributed by atoms with E-state index in [1.54, 1.807) is 12.1 Å². The lowest BCUT2D eigenvalue weighted by Crippen LogP contribution is -2.43. The van der Waals surface area contributed by atoms with Gasteiger partial charge < -0.3 is 10.5 Å². The van der Waals surface area contributed by atoms with Crippen molar-refractivity contribution in [3.8, 4) is 11.8 Å². The normalized spacial score (nSPS) is 25.8. The maximum Gasteiger partial charge on any atom is 0.283 e. The first-order valence-corrected chi connectivity index (χ1v) is 10.5. The average molecular weight is 439 g/mol. The molecule has 5 nitrogen and oxygen atoms in total. The number of alkyl halides is 2. The summed E-state index contributed by atoms with van der Waals surface area (Å²) in [5.41, 5.74) is 4.57. The molecule has 8 heteroatoms. The Morgan fingerprint density at radius 1 is 1.28 bits per heavy atom. The van der Waals surface area contributed by atoms with Gasteiger partial charge in [0.05, 0.1) is 0 Å². The lowest BCUT2D eigenvalue weighted by molar-refractivity contribution is 0.0176. The van der Waals surface area contributed by atoms with Crippen molar-refractivity contribution in [3.63, 3.8) is 0 Å². The minimum absolute atomic E-state index is 0.115. The van der Waals surface area contributed by atoms with E-state index in [0.717, 1.165) is 24.5 Å². The van der Waals surface area contributed by atoms with Crippen molar-refractivity contribution in [1.82, 2.24) is 4.98 Å². The Morgan fingerprint density at radius 2 is 2.09 bits per heavy atom. The third-order valence-electron chi connectivity index (χ3n) is 6.07. The van der Waals surface area contributed by atoms with Crippen molar-refractivity contribution in [2.24, 2.45) is 22.6 Å². The zero-order chi connectivity index (χ0) is 22.5. The van der Waals surface area contributed by atoms with Crippen LogP contribution in [0.2, 0.25) is 0 Å². The smallest absolute Gasteiger partial charge is 0.283 e. The molecule has 2 N–H and O–H groups in total. The number of aromatic nitrogens is 1. The molecule has 3 atom stereocenters. The molecule has 164 valence electrons. The monoisotopic (exact) mass is 439 g/mol. The molecule has 2 heterocycles. The Bertz CT molecular complexity index is 1170. The van der Waals surface area contributed by atoms with Crippen LogP contribution >= 0.6 is 0 Å². The Hall–Kier alpha value is -3.34. The molecule has 0 unspecified atom stereocenters. The second kappa shape index (κ2) is 7.66. The summed E-state index contributed by atoms with van der Waals surface area (Å²) in [5, 5.41) is 0. The predicted molar refractivity (Wildman–Crippen MR) is 111 cm³/mol. The van der Waals surface area contributed by atoms with Gasteiger partial charge in [-0.2, -0.15) is 0 Å². The van der Waals surface area contributed by atoms with E-state index in [4.69, 9.17) is 10.5 Å². The zero-order valence-electron chi connectivity index (χ0n) is 17.0. The molecular formula is C24H20F3N3O2. The number of rotatable bonds is 5. The first kappa shape index (κ1) is 20.6. The molecule has 5 rings (SSSR count). The fraction of sp³-hybridized carbons (Fsp3) is 0.375. The number of nitrogens with two attached hydrogens (primary N) is 1. The van der Waals surface area contributed by atoms with Crippen molar-refractivity contribution in [1.29, 1.82) is 0 Å². The van der Waals surface area contributed by atoms with E-state index in [0.29, 0.717) is 17.9 Å². The zero-order valence-corrected chi connectivity index (χ0v) is 17.0. The number of hydrogen-bond donors (Lipinski definition) is 1. The molecule has 0 bridgehead atoms. The number of nitrogens with zero attached hydrogens (tertiary/aromatic N) is 2. The lowest BCUT2D eigenvalue weighted by Gasteiger charge is -2.33. The quantitative estimate of drug-likeness (QED) is 0.571. The molecule has 1 aromatic carbocycles. The Morgan fingerprint density at radius 3 is 2.78 bits per heavy atom. The van der Waals surface area contributed by atoms with Gasteiger partial charge in [0.25, 0.3) is 12.4 Å². The first-order chi connectivity index (χ1) is 15.4. The highest BCUT2D eigenvalue weighted by atomic mass is 19.3. The number of halogens is 3. The maximum absolute atomic E-state index is 14.7. The third kappa shape index (κ3) is 3.72. The van der Waals surface area contributed by atoms with Crippen molar-refractivity contribution in [2.75, 3.05) is 0 Å². The number of Topliss-reactive ketones (excluding diaryl/α,β-unsaturated/α-hetero) is 1. The molecule has 0 amide bonds. The van der Waals surface area contributed by atoms with E-state index in [2.05, 4.69) is 21.8 Å². The van der Waals surface area contributed by atoms with Crippen LogP contribution in [-0.4, -0.2) is 29.3 Å². The fourth-order valence-electron chi connectivity index (χ4n) is 4.11. The molecule has 1 aromatic heterocycles. The standard InChI is InChI=1S/C24H20F3N3O2/c25-18-7-5-15(9-16(18)24(22(26)27)17-11-21(17)32-23(28)30-24)10-20(31)19-8-6-14(12-29-19)4-3-13-1-2-13/h5-9,12-13,17,21-22H,1-2,10-11H2,(H2,28,30)/t17-,21+,24+/m0/s1. The Balaban J connectivity index is 1.40. The molecule has 2 fully saturated rings. The van der Waals surface area contributed by atoms with E-state index in [1.807, 2.05) is 0 Å². The summed E-state index contributed by atoms with van der Waals surface area (Å²) < 4.78 is 48.4.